The molecule has 2 atom stereocenters. The van der Waals surface area contributed by atoms with Crippen LogP contribution in [-0.4, -0.2) is 35.0 Å². The fourth-order valence-electron chi connectivity index (χ4n) is 1.83. The number of amides is 1. The Balaban J connectivity index is 2.63. The van der Waals surface area contributed by atoms with Crippen LogP contribution in [0.5, 0.6) is 0 Å². The summed E-state index contributed by atoms with van der Waals surface area (Å²) in [5.41, 5.74) is 0. The van der Waals surface area contributed by atoms with Crippen molar-refractivity contribution in [1.82, 2.24) is 4.90 Å². The first kappa shape index (κ1) is 11.0. The van der Waals surface area contributed by atoms with Gasteiger partial charge in [-0.05, 0) is 5.92 Å². The van der Waals surface area contributed by atoms with Gasteiger partial charge in [-0.2, -0.15) is 0 Å². The number of carboxylic acid groups (broad SMARTS) is 1. The summed E-state index contributed by atoms with van der Waals surface area (Å²) in [7, 11) is 0. The summed E-state index contributed by atoms with van der Waals surface area (Å²) in [6.07, 6.45) is 0. The quantitative estimate of drug-likeness (QED) is 0.716. The number of carboxylic acids is 1. The molecule has 0 spiro atoms. The molecule has 0 saturated carbocycles. The Bertz CT molecular complexity index is 250. The molecule has 1 amide bonds. The molecule has 1 heterocycles. The molecule has 0 bridgehead atoms. The number of hydrogen-bond donors (Lipinski definition) is 1. The van der Waals surface area contributed by atoms with Crippen LogP contribution in [0.3, 0.4) is 0 Å². The lowest BCUT2D eigenvalue weighted by Crippen LogP contribution is -2.33. The highest BCUT2D eigenvalue weighted by atomic mass is 16.4. The molecule has 0 aromatic carbocycles. The van der Waals surface area contributed by atoms with Crippen LogP contribution >= 0.6 is 0 Å². The van der Waals surface area contributed by atoms with E-state index in [0.29, 0.717) is 13.1 Å². The molecule has 1 N–H and O–H groups in total. The van der Waals surface area contributed by atoms with Crippen LogP contribution < -0.4 is 0 Å². The zero-order valence-corrected chi connectivity index (χ0v) is 8.86. The predicted octanol–water partition coefficient (Wildman–Crippen LogP) is 0.821. The Morgan fingerprint density at radius 3 is 2.29 bits per heavy atom. The summed E-state index contributed by atoms with van der Waals surface area (Å²) in [6.45, 7) is 6.50. The minimum absolute atomic E-state index is 0.0465. The number of carbonyl (C=O) groups excluding carboxylic acids is 1. The van der Waals surface area contributed by atoms with Gasteiger partial charge in [0.2, 0.25) is 5.91 Å². The minimum Gasteiger partial charge on any atom is -0.481 e. The van der Waals surface area contributed by atoms with Crippen LogP contribution in [0.2, 0.25) is 0 Å². The second-order valence-electron chi connectivity index (χ2n) is 4.32. The number of aliphatic carboxylic acids is 1. The van der Waals surface area contributed by atoms with Crippen LogP contribution in [0.1, 0.15) is 20.8 Å². The van der Waals surface area contributed by atoms with Gasteiger partial charge in [-0.15, -0.1) is 0 Å². The van der Waals surface area contributed by atoms with Crippen molar-refractivity contribution in [3.63, 3.8) is 0 Å². The summed E-state index contributed by atoms with van der Waals surface area (Å²) in [4.78, 5) is 24.1. The van der Waals surface area contributed by atoms with Crippen LogP contribution in [0.15, 0.2) is 0 Å². The average Bonchev–Trinajstić information content (AvgIpc) is 2.45. The van der Waals surface area contributed by atoms with E-state index in [-0.39, 0.29) is 17.7 Å². The van der Waals surface area contributed by atoms with E-state index in [2.05, 4.69) is 0 Å². The van der Waals surface area contributed by atoms with Crippen molar-refractivity contribution in [1.29, 1.82) is 0 Å². The van der Waals surface area contributed by atoms with Crippen molar-refractivity contribution in [3.8, 4) is 0 Å². The second-order valence-corrected chi connectivity index (χ2v) is 4.32. The van der Waals surface area contributed by atoms with Gasteiger partial charge in [0.1, 0.15) is 0 Å². The van der Waals surface area contributed by atoms with E-state index in [1.54, 1.807) is 4.90 Å². The molecular formula is C10H17NO3. The normalized spacial score (nSPS) is 27.0. The molecule has 14 heavy (non-hydrogen) atoms. The molecule has 1 aliphatic rings. The monoisotopic (exact) mass is 199 g/mol. The molecule has 1 rings (SSSR count). The molecule has 0 unspecified atom stereocenters. The lowest BCUT2D eigenvalue weighted by molar-refractivity contribution is -0.142. The van der Waals surface area contributed by atoms with Gasteiger partial charge in [0, 0.05) is 19.0 Å². The lowest BCUT2D eigenvalue weighted by Gasteiger charge is -2.17. The molecule has 1 saturated heterocycles. The molecule has 1 fully saturated rings. The highest BCUT2D eigenvalue weighted by molar-refractivity contribution is 5.80. The summed E-state index contributed by atoms with van der Waals surface area (Å²) in [5, 5.41) is 8.88. The Morgan fingerprint density at radius 2 is 1.93 bits per heavy atom. The van der Waals surface area contributed by atoms with Crippen LogP contribution in [0.25, 0.3) is 0 Å². The summed E-state index contributed by atoms with van der Waals surface area (Å²) < 4.78 is 0. The van der Waals surface area contributed by atoms with Gasteiger partial charge in [-0.1, -0.05) is 20.8 Å². The summed E-state index contributed by atoms with van der Waals surface area (Å²) >= 11 is 0. The van der Waals surface area contributed by atoms with Crippen LogP contribution in [-0.2, 0) is 9.59 Å². The van der Waals surface area contributed by atoms with Crippen LogP contribution in [0.4, 0.5) is 0 Å². The van der Waals surface area contributed by atoms with E-state index in [1.165, 1.54) is 0 Å². The molecule has 80 valence electrons. The molecule has 0 aromatic rings. The number of nitrogens with zero attached hydrogens (tertiary/aromatic N) is 1. The zero-order valence-electron chi connectivity index (χ0n) is 8.86. The summed E-state index contributed by atoms with van der Waals surface area (Å²) in [6, 6.07) is 0. The molecule has 0 radical (unpaired) electrons. The largest absolute Gasteiger partial charge is 0.481 e. The molecular weight excluding hydrogens is 182 g/mol. The van der Waals surface area contributed by atoms with E-state index in [0.717, 1.165) is 0 Å². The molecule has 1 aliphatic heterocycles. The van der Waals surface area contributed by atoms with E-state index in [4.69, 9.17) is 5.11 Å². The molecule has 4 nitrogen and oxygen atoms in total. The number of likely N-dealkylation sites (tertiary alicyclic amines) is 1. The van der Waals surface area contributed by atoms with Crippen LogP contribution in [0, 0.1) is 17.8 Å². The van der Waals surface area contributed by atoms with E-state index < -0.39 is 11.9 Å². The van der Waals surface area contributed by atoms with E-state index in [1.807, 2.05) is 20.8 Å². The maximum atomic E-state index is 11.6. The van der Waals surface area contributed by atoms with Crippen molar-refractivity contribution < 1.29 is 14.7 Å². The third-order valence-electron chi connectivity index (χ3n) is 2.74. The Hall–Kier alpha value is -1.06. The summed E-state index contributed by atoms with van der Waals surface area (Å²) in [5.74, 6) is -1.11. The van der Waals surface area contributed by atoms with Gasteiger partial charge in [0.05, 0.1) is 5.92 Å². The van der Waals surface area contributed by atoms with Gasteiger partial charge >= 0.3 is 5.97 Å². The molecule has 0 aromatic heterocycles. The van der Waals surface area contributed by atoms with E-state index >= 15 is 0 Å². The van der Waals surface area contributed by atoms with Gasteiger partial charge in [0.15, 0.2) is 0 Å². The SMILES string of the molecule is CC(C)C(=O)N1C[C@@H](C)[C@H](C(=O)O)C1. The Labute approximate surface area is 83.9 Å². The minimum atomic E-state index is -0.795. The van der Waals surface area contributed by atoms with Gasteiger partial charge in [-0.3, -0.25) is 9.59 Å². The third-order valence-corrected chi connectivity index (χ3v) is 2.74. The Morgan fingerprint density at radius 1 is 1.36 bits per heavy atom. The number of rotatable bonds is 2. The van der Waals surface area contributed by atoms with Crippen molar-refractivity contribution in [2.24, 2.45) is 17.8 Å². The maximum Gasteiger partial charge on any atom is 0.308 e. The van der Waals surface area contributed by atoms with Crippen molar-refractivity contribution in [2.75, 3.05) is 13.1 Å². The fraction of sp³-hybridized carbons (Fsp3) is 0.800. The number of carbonyl (C=O) groups is 2. The van der Waals surface area contributed by atoms with Gasteiger partial charge in [0.25, 0.3) is 0 Å². The van der Waals surface area contributed by atoms with Crippen molar-refractivity contribution in [3.05, 3.63) is 0 Å². The highest BCUT2D eigenvalue weighted by Crippen LogP contribution is 2.24. The first-order valence-corrected chi connectivity index (χ1v) is 4.95. The Kier molecular flexibility index (Phi) is 3.13. The topological polar surface area (TPSA) is 57.6 Å². The lowest BCUT2D eigenvalue weighted by atomic mass is 9.99. The highest BCUT2D eigenvalue weighted by Gasteiger charge is 2.37. The van der Waals surface area contributed by atoms with E-state index in [9.17, 15) is 9.59 Å². The fourth-order valence-corrected chi connectivity index (χ4v) is 1.83. The molecule has 4 heteroatoms. The standard InChI is InChI=1S/C10H17NO3/c1-6(2)9(12)11-4-7(3)8(5-11)10(13)14/h6-8H,4-5H2,1-3H3,(H,13,14)/t7-,8-/m1/s1. The first-order chi connectivity index (χ1) is 6.43. The smallest absolute Gasteiger partial charge is 0.308 e. The maximum absolute atomic E-state index is 11.6. The van der Waals surface area contributed by atoms with Crippen molar-refractivity contribution in [2.45, 2.75) is 20.8 Å². The van der Waals surface area contributed by atoms with Gasteiger partial charge < -0.3 is 10.0 Å². The molecule has 0 aliphatic carbocycles. The van der Waals surface area contributed by atoms with Gasteiger partial charge in [-0.25, -0.2) is 0 Å². The third kappa shape index (κ3) is 2.05. The predicted molar refractivity (Wildman–Crippen MR) is 51.7 cm³/mol. The first-order valence-electron chi connectivity index (χ1n) is 4.95. The zero-order chi connectivity index (χ0) is 10.9. The number of hydrogen-bond acceptors (Lipinski definition) is 2. The second kappa shape index (κ2) is 3.98. The van der Waals surface area contributed by atoms with Crippen molar-refractivity contribution >= 4 is 11.9 Å². The average molecular weight is 199 g/mol.